The third-order valence-electron chi connectivity index (χ3n) is 4.02. The fourth-order valence-corrected chi connectivity index (χ4v) is 5.04. The Morgan fingerprint density at radius 2 is 1.96 bits per heavy atom. The minimum Gasteiger partial charge on any atom is -0.374 e. The predicted octanol–water partition coefficient (Wildman–Crippen LogP) is 5.62. The number of hydrogen-bond acceptors (Lipinski definition) is 3. The van der Waals surface area contributed by atoms with Gasteiger partial charge in [-0.05, 0) is 77.1 Å². The number of nitrogens with one attached hydrogen (secondary N) is 2. The Kier molecular flexibility index (Phi) is 7.50. The maximum Gasteiger partial charge on any atom is 0.259 e. The zero-order valence-electron chi connectivity index (χ0n) is 13.6. The monoisotopic (exact) mass is 519 g/mol. The first kappa shape index (κ1) is 19.7. The summed E-state index contributed by atoms with van der Waals surface area (Å²) < 4.78 is 2.70. The van der Waals surface area contributed by atoms with E-state index in [0.717, 1.165) is 44.1 Å². The fraction of sp³-hybridized carbons (Fsp3) is 0.412. The number of halogens is 3. The van der Waals surface area contributed by atoms with E-state index in [2.05, 4.69) is 76.6 Å². The summed E-state index contributed by atoms with van der Waals surface area (Å²) in [6.45, 7) is 4.29. The second-order valence-electron chi connectivity index (χ2n) is 5.91. The van der Waals surface area contributed by atoms with Crippen LogP contribution in [0.5, 0.6) is 0 Å². The van der Waals surface area contributed by atoms with Crippen LogP contribution in [0.25, 0.3) is 0 Å². The van der Waals surface area contributed by atoms with Crippen LogP contribution in [0, 0.1) is 5.92 Å². The van der Waals surface area contributed by atoms with E-state index in [4.69, 9.17) is 0 Å². The van der Waals surface area contributed by atoms with Crippen molar-refractivity contribution in [1.82, 2.24) is 5.43 Å². The van der Waals surface area contributed by atoms with E-state index in [1.165, 1.54) is 5.57 Å². The average Bonchev–Trinajstić information content (AvgIpc) is 2.52. The molecule has 1 aromatic carbocycles. The summed E-state index contributed by atoms with van der Waals surface area (Å²) >= 11 is 10.4. The second-order valence-corrected chi connectivity index (χ2v) is 8.53. The Morgan fingerprint density at radius 3 is 2.54 bits per heavy atom. The number of hydrazone groups is 1. The Hall–Kier alpha value is -0.660. The molecule has 2 N–H and O–H groups in total. The minimum absolute atomic E-state index is 0.152. The van der Waals surface area contributed by atoms with Gasteiger partial charge < -0.3 is 5.32 Å². The number of rotatable bonds is 5. The van der Waals surface area contributed by atoms with Crippen LogP contribution in [-0.4, -0.2) is 18.2 Å². The van der Waals surface area contributed by atoms with Crippen LogP contribution in [0.1, 0.15) is 33.1 Å². The van der Waals surface area contributed by atoms with Crippen molar-refractivity contribution in [2.75, 3.05) is 11.9 Å². The summed E-state index contributed by atoms with van der Waals surface area (Å²) in [5.74, 6) is 0.260. The molecule has 1 aromatic rings. The molecule has 1 amide bonds. The van der Waals surface area contributed by atoms with Gasteiger partial charge in [-0.1, -0.05) is 27.6 Å². The lowest BCUT2D eigenvalue weighted by atomic mass is 9.87. The molecule has 1 aliphatic rings. The van der Waals surface area contributed by atoms with E-state index in [-0.39, 0.29) is 12.5 Å². The molecule has 24 heavy (non-hydrogen) atoms. The topological polar surface area (TPSA) is 53.5 Å². The maximum absolute atomic E-state index is 12.0. The van der Waals surface area contributed by atoms with Crippen LogP contribution in [0.4, 0.5) is 5.69 Å². The molecule has 1 aliphatic carbocycles. The summed E-state index contributed by atoms with van der Waals surface area (Å²) in [6, 6.07) is 3.85. The van der Waals surface area contributed by atoms with Gasteiger partial charge in [-0.3, -0.25) is 4.79 Å². The van der Waals surface area contributed by atoms with Crippen molar-refractivity contribution in [3.63, 3.8) is 0 Å². The Balaban J connectivity index is 1.87. The SMILES string of the molecule is CC1=CCC(/C(C)=N/NC(=O)CNc2c(Br)cc(Br)cc2Br)CC1. The van der Waals surface area contributed by atoms with Gasteiger partial charge in [0.05, 0.1) is 12.2 Å². The first-order valence-electron chi connectivity index (χ1n) is 7.74. The maximum atomic E-state index is 12.0. The highest BCUT2D eigenvalue weighted by atomic mass is 79.9. The number of amides is 1. The summed E-state index contributed by atoms with van der Waals surface area (Å²) in [6.07, 6.45) is 5.48. The number of carbonyl (C=O) groups is 1. The molecule has 1 atom stereocenters. The van der Waals surface area contributed by atoms with E-state index < -0.39 is 0 Å². The molecule has 7 heteroatoms. The van der Waals surface area contributed by atoms with E-state index in [1.807, 2.05) is 19.1 Å². The molecular weight excluding hydrogens is 502 g/mol. The van der Waals surface area contributed by atoms with Crippen LogP contribution in [-0.2, 0) is 4.79 Å². The molecule has 0 bridgehead atoms. The molecular formula is C17H20Br3N3O. The van der Waals surface area contributed by atoms with E-state index in [9.17, 15) is 4.79 Å². The molecule has 4 nitrogen and oxygen atoms in total. The largest absolute Gasteiger partial charge is 0.374 e. The third kappa shape index (κ3) is 5.70. The zero-order chi connectivity index (χ0) is 17.7. The molecule has 0 saturated carbocycles. The van der Waals surface area contributed by atoms with Gasteiger partial charge in [-0.2, -0.15) is 5.10 Å². The van der Waals surface area contributed by atoms with Gasteiger partial charge in [0.25, 0.3) is 5.91 Å². The summed E-state index contributed by atoms with van der Waals surface area (Å²) in [7, 11) is 0. The first-order chi connectivity index (χ1) is 11.4. The molecule has 0 aliphatic heterocycles. The van der Waals surface area contributed by atoms with Gasteiger partial charge in [0, 0.05) is 25.0 Å². The zero-order valence-corrected chi connectivity index (χ0v) is 18.4. The number of allylic oxidation sites excluding steroid dienone is 2. The molecule has 1 unspecified atom stereocenters. The molecule has 2 rings (SSSR count). The summed E-state index contributed by atoms with van der Waals surface area (Å²) in [5, 5.41) is 7.37. The molecule has 0 spiro atoms. The number of benzene rings is 1. The van der Waals surface area contributed by atoms with Crippen LogP contribution in [0.15, 0.2) is 42.3 Å². The molecule has 130 valence electrons. The van der Waals surface area contributed by atoms with Crippen molar-refractivity contribution < 1.29 is 4.79 Å². The van der Waals surface area contributed by atoms with Crippen LogP contribution in [0.3, 0.4) is 0 Å². The number of carbonyl (C=O) groups excluding carboxylic acids is 1. The van der Waals surface area contributed by atoms with Crippen molar-refractivity contribution in [2.45, 2.75) is 33.1 Å². The molecule has 0 heterocycles. The Morgan fingerprint density at radius 1 is 1.29 bits per heavy atom. The summed E-state index contributed by atoms with van der Waals surface area (Å²) in [5.41, 5.74) is 5.90. The van der Waals surface area contributed by atoms with Gasteiger partial charge in [0.1, 0.15) is 0 Å². The van der Waals surface area contributed by atoms with E-state index >= 15 is 0 Å². The lowest BCUT2D eigenvalue weighted by molar-refractivity contribution is -0.119. The van der Waals surface area contributed by atoms with Crippen molar-refractivity contribution in [3.8, 4) is 0 Å². The first-order valence-corrected chi connectivity index (χ1v) is 10.1. The highest BCUT2D eigenvalue weighted by Gasteiger charge is 2.15. The summed E-state index contributed by atoms with van der Waals surface area (Å²) in [4.78, 5) is 12.0. The van der Waals surface area contributed by atoms with Crippen molar-refractivity contribution in [1.29, 1.82) is 0 Å². The third-order valence-corrected chi connectivity index (χ3v) is 5.73. The number of anilines is 1. The van der Waals surface area contributed by atoms with Crippen molar-refractivity contribution in [2.24, 2.45) is 11.0 Å². The molecule has 0 aromatic heterocycles. The van der Waals surface area contributed by atoms with Crippen LogP contribution >= 0.6 is 47.8 Å². The quantitative estimate of drug-likeness (QED) is 0.300. The van der Waals surface area contributed by atoms with E-state index in [0.29, 0.717) is 5.92 Å². The lowest BCUT2D eigenvalue weighted by Gasteiger charge is -2.20. The fourth-order valence-electron chi connectivity index (χ4n) is 2.51. The van der Waals surface area contributed by atoms with Crippen molar-refractivity contribution in [3.05, 3.63) is 37.2 Å². The number of nitrogens with zero attached hydrogens (tertiary/aromatic N) is 1. The second kappa shape index (κ2) is 9.15. The normalized spacial score (nSPS) is 18.1. The standard InChI is InChI=1S/C17H20Br3N3O/c1-10-3-5-12(6-4-10)11(2)22-23-16(24)9-21-17-14(19)7-13(18)8-15(17)20/h3,7-8,12,21H,4-6,9H2,1-2H3,(H,23,24)/b22-11+. The van der Waals surface area contributed by atoms with Gasteiger partial charge in [0.2, 0.25) is 0 Å². The van der Waals surface area contributed by atoms with Gasteiger partial charge in [-0.25, -0.2) is 5.43 Å². The molecule has 0 saturated heterocycles. The highest BCUT2D eigenvalue weighted by molar-refractivity contribution is 9.11. The number of hydrogen-bond donors (Lipinski definition) is 2. The van der Waals surface area contributed by atoms with Gasteiger partial charge in [0.15, 0.2) is 0 Å². The molecule has 0 fully saturated rings. The lowest BCUT2D eigenvalue weighted by Crippen LogP contribution is -2.28. The molecule has 0 radical (unpaired) electrons. The van der Waals surface area contributed by atoms with Crippen LogP contribution < -0.4 is 10.7 Å². The Labute approximate surface area is 167 Å². The van der Waals surface area contributed by atoms with E-state index in [1.54, 1.807) is 0 Å². The van der Waals surface area contributed by atoms with Crippen molar-refractivity contribution >= 4 is 65.1 Å². The Bertz CT molecular complexity index is 663. The highest BCUT2D eigenvalue weighted by Crippen LogP contribution is 2.34. The predicted molar refractivity (Wildman–Crippen MR) is 110 cm³/mol. The van der Waals surface area contributed by atoms with Gasteiger partial charge >= 0.3 is 0 Å². The van der Waals surface area contributed by atoms with Gasteiger partial charge in [-0.15, -0.1) is 0 Å². The smallest absolute Gasteiger partial charge is 0.259 e. The van der Waals surface area contributed by atoms with Crippen LogP contribution in [0.2, 0.25) is 0 Å². The minimum atomic E-state index is -0.168. The average molecular weight is 522 g/mol.